The number of carbonyl (C=O) groups excluding carboxylic acids is 1. The standard InChI is InChI=1S/C14H22N4O/c1-10-6-5-7-11(8-10)17-13(15)16-9-12(19)18-14(2,3)4/h5-8H,9H2,1-4H3,(H,18,19)(H3,15,16,17). The molecule has 0 saturated carbocycles. The largest absolute Gasteiger partial charge is 0.370 e. The van der Waals surface area contributed by atoms with E-state index in [1.54, 1.807) is 0 Å². The van der Waals surface area contributed by atoms with Crippen molar-refractivity contribution in [1.82, 2.24) is 5.32 Å². The molecule has 1 rings (SSSR count). The predicted octanol–water partition coefficient (Wildman–Crippen LogP) is 1.64. The van der Waals surface area contributed by atoms with Gasteiger partial charge in [-0.2, -0.15) is 0 Å². The van der Waals surface area contributed by atoms with Gasteiger partial charge in [-0.1, -0.05) is 12.1 Å². The van der Waals surface area contributed by atoms with Crippen LogP contribution < -0.4 is 16.4 Å². The van der Waals surface area contributed by atoms with E-state index in [1.165, 1.54) is 0 Å². The van der Waals surface area contributed by atoms with Gasteiger partial charge < -0.3 is 16.4 Å². The number of hydrogen-bond donors (Lipinski definition) is 3. The van der Waals surface area contributed by atoms with Gasteiger partial charge in [-0.15, -0.1) is 0 Å². The second-order valence-electron chi connectivity index (χ2n) is 5.49. The molecule has 0 radical (unpaired) electrons. The minimum Gasteiger partial charge on any atom is -0.370 e. The van der Waals surface area contributed by atoms with Crippen LogP contribution in [0.2, 0.25) is 0 Å². The molecule has 0 unspecified atom stereocenters. The quantitative estimate of drug-likeness (QED) is 0.572. The third-order valence-electron chi connectivity index (χ3n) is 2.20. The molecule has 0 aliphatic carbocycles. The summed E-state index contributed by atoms with van der Waals surface area (Å²) >= 11 is 0. The molecule has 4 N–H and O–H groups in total. The van der Waals surface area contributed by atoms with Gasteiger partial charge in [-0.05, 0) is 45.4 Å². The van der Waals surface area contributed by atoms with Gasteiger partial charge in [-0.3, -0.25) is 4.79 Å². The fourth-order valence-corrected chi connectivity index (χ4v) is 1.52. The molecule has 0 aromatic heterocycles. The van der Waals surface area contributed by atoms with E-state index in [0.717, 1.165) is 11.3 Å². The van der Waals surface area contributed by atoms with Crippen LogP contribution in [0, 0.1) is 6.92 Å². The van der Waals surface area contributed by atoms with Crippen LogP contribution in [-0.4, -0.2) is 24.0 Å². The number of nitrogens with zero attached hydrogens (tertiary/aromatic N) is 1. The number of benzene rings is 1. The van der Waals surface area contributed by atoms with E-state index < -0.39 is 0 Å². The van der Waals surface area contributed by atoms with E-state index >= 15 is 0 Å². The lowest BCUT2D eigenvalue weighted by molar-refractivity contribution is -0.121. The van der Waals surface area contributed by atoms with E-state index in [-0.39, 0.29) is 24.0 Å². The maximum absolute atomic E-state index is 11.6. The molecule has 0 spiro atoms. The number of nitrogens with two attached hydrogens (primary N) is 1. The van der Waals surface area contributed by atoms with Crippen LogP contribution in [0.1, 0.15) is 26.3 Å². The number of aryl methyl sites for hydroxylation is 1. The molecule has 0 saturated heterocycles. The van der Waals surface area contributed by atoms with Gasteiger partial charge in [0, 0.05) is 11.2 Å². The van der Waals surface area contributed by atoms with Crippen LogP contribution in [0.3, 0.4) is 0 Å². The Balaban J connectivity index is 2.52. The Bertz CT molecular complexity index is 475. The highest BCUT2D eigenvalue weighted by atomic mass is 16.2. The number of carbonyl (C=O) groups is 1. The maximum atomic E-state index is 11.6. The zero-order valence-electron chi connectivity index (χ0n) is 11.9. The van der Waals surface area contributed by atoms with Crippen molar-refractivity contribution in [3.05, 3.63) is 29.8 Å². The number of rotatable bonds is 3. The molecule has 0 heterocycles. The lowest BCUT2D eigenvalue weighted by atomic mass is 10.1. The fraction of sp³-hybridized carbons (Fsp3) is 0.429. The van der Waals surface area contributed by atoms with E-state index in [4.69, 9.17) is 5.73 Å². The van der Waals surface area contributed by atoms with Gasteiger partial charge in [-0.25, -0.2) is 4.99 Å². The summed E-state index contributed by atoms with van der Waals surface area (Å²) in [6, 6.07) is 7.77. The summed E-state index contributed by atoms with van der Waals surface area (Å²) in [7, 11) is 0. The summed E-state index contributed by atoms with van der Waals surface area (Å²) in [4.78, 5) is 15.6. The fourth-order valence-electron chi connectivity index (χ4n) is 1.52. The highest BCUT2D eigenvalue weighted by Crippen LogP contribution is 2.08. The average molecular weight is 262 g/mol. The highest BCUT2D eigenvalue weighted by molar-refractivity contribution is 5.93. The van der Waals surface area contributed by atoms with E-state index in [0.29, 0.717) is 0 Å². The summed E-state index contributed by atoms with van der Waals surface area (Å²) in [5.41, 5.74) is 7.45. The second kappa shape index (κ2) is 6.22. The van der Waals surface area contributed by atoms with E-state index in [2.05, 4.69) is 15.6 Å². The first kappa shape index (κ1) is 15.0. The summed E-state index contributed by atoms with van der Waals surface area (Å²) in [5.74, 6) is 0.0798. The van der Waals surface area contributed by atoms with Crippen LogP contribution in [0.4, 0.5) is 5.69 Å². The molecular weight excluding hydrogens is 240 g/mol. The van der Waals surface area contributed by atoms with Crippen LogP contribution in [0.5, 0.6) is 0 Å². The number of hydrogen-bond acceptors (Lipinski definition) is 2. The van der Waals surface area contributed by atoms with Crippen molar-refractivity contribution in [2.24, 2.45) is 10.7 Å². The molecule has 104 valence electrons. The molecule has 1 aromatic rings. The number of anilines is 1. The first-order valence-electron chi connectivity index (χ1n) is 6.21. The van der Waals surface area contributed by atoms with Crippen molar-refractivity contribution in [2.75, 3.05) is 11.9 Å². The Morgan fingerprint density at radius 1 is 1.37 bits per heavy atom. The Morgan fingerprint density at radius 3 is 2.63 bits per heavy atom. The SMILES string of the molecule is Cc1cccc(NC(N)=NCC(=O)NC(C)(C)C)c1. The van der Waals surface area contributed by atoms with Gasteiger partial charge in [0.25, 0.3) is 0 Å². The summed E-state index contributed by atoms with van der Waals surface area (Å²) in [6.45, 7) is 7.77. The van der Waals surface area contributed by atoms with Crippen LogP contribution >= 0.6 is 0 Å². The van der Waals surface area contributed by atoms with Gasteiger partial charge >= 0.3 is 0 Å². The minimum absolute atomic E-state index is 0.0158. The minimum atomic E-state index is -0.259. The number of amides is 1. The van der Waals surface area contributed by atoms with Gasteiger partial charge in [0.05, 0.1) is 0 Å². The molecule has 19 heavy (non-hydrogen) atoms. The van der Waals surface area contributed by atoms with Crippen molar-refractivity contribution in [2.45, 2.75) is 33.2 Å². The third-order valence-corrected chi connectivity index (χ3v) is 2.20. The number of nitrogens with one attached hydrogen (secondary N) is 2. The van der Waals surface area contributed by atoms with E-state index in [9.17, 15) is 4.79 Å². The molecule has 0 bridgehead atoms. The Kier molecular flexibility index (Phi) is 4.92. The monoisotopic (exact) mass is 262 g/mol. The predicted molar refractivity (Wildman–Crippen MR) is 79.2 cm³/mol. The van der Waals surface area contributed by atoms with Gasteiger partial charge in [0.1, 0.15) is 6.54 Å². The second-order valence-corrected chi connectivity index (χ2v) is 5.49. The van der Waals surface area contributed by atoms with Crippen molar-refractivity contribution < 1.29 is 4.79 Å². The molecular formula is C14H22N4O. The smallest absolute Gasteiger partial charge is 0.242 e. The molecule has 0 atom stereocenters. The molecule has 0 fully saturated rings. The molecule has 0 aliphatic rings. The Morgan fingerprint density at radius 2 is 2.05 bits per heavy atom. The lowest BCUT2D eigenvalue weighted by Gasteiger charge is -2.19. The Labute approximate surface area is 114 Å². The molecule has 5 nitrogen and oxygen atoms in total. The van der Waals surface area contributed by atoms with Crippen LogP contribution in [-0.2, 0) is 4.79 Å². The van der Waals surface area contributed by atoms with Gasteiger partial charge in [0.2, 0.25) is 5.91 Å². The average Bonchev–Trinajstić information content (AvgIpc) is 2.24. The van der Waals surface area contributed by atoms with Gasteiger partial charge in [0.15, 0.2) is 5.96 Å². The maximum Gasteiger partial charge on any atom is 0.242 e. The van der Waals surface area contributed by atoms with Crippen molar-refractivity contribution in [3.63, 3.8) is 0 Å². The van der Waals surface area contributed by atoms with Crippen molar-refractivity contribution in [1.29, 1.82) is 0 Å². The third kappa shape index (κ3) is 6.45. The summed E-state index contributed by atoms with van der Waals surface area (Å²) in [6.07, 6.45) is 0. The lowest BCUT2D eigenvalue weighted by Crippen LogP contribution is -2.42. The summed E-state index contributed by atoms with van der Waals surface area (Å²) in [5, 5.41) is 5.77. The molecule has 1 aromatic carbocycles. The normalized spacial score (nSPS) is 12.1. The Hall–Kier alpha value is -2.04. The van der Waals surface area contributed by atoms with Crippen LogP contribution in [0.25, 0.3) is 0 Å². The summed E-state index contributed by atoms with van der Waals surface area (Å²) < 4.78 is 0. The molecule has 0 aliphatic heterocycles. The zero-order chi connectivity index (χ0) is 14.5. The first-order valence-corrected chi connectivity index (χ1v) is 6.21. The van der Waals surface area contributed by atoms with Crippen molar-refractivity contribution in [3.8, 4) is 0 Å². The highest BCUT2D eigenvalue weighted by Gasteiger charge is 2.12. The number of guanidine groups is 1. The topological polar surface area (TPSA) is 79.5 Å². The first-order chi connectivity index (χ1) is 8.76. The van der Waals surface area contributed by atoms with Crippen molar-refractivity contribution >= 4 is 17.6 Å². The molecule has 5 heteroatoms. The zero-order valence-corrected chi connectivity index (χ0v) is 11.9. The van der Waals surface area contributed by atoms with Crippen LogP contribution in [0.15, 0.2) is 29.3 Å². The van der Waals surface area contributed by atoms with E-state index in [1.807, 2.05) is 52.0 Å². The molecule has 1 amide bonds. The number of aliphatic imine (C=N–C) groups is 1.